The molecule has 0 saturated carbocycles. The first-order chi connectivity index (χ1) is 10.5. The average molecular weight is 405 g/mol. The lowest BCUT2D eigenvalue weighted by atomic mass is 10.2. The number of halogens is 2. The van der Waals surface area contributed by atoms with Gasteiger partial charge in [0.15, 0.2) is 0 Å². The second-order valence-electron chi connectivity index (χ2n) is 5.28. The van der Waals surface area contributed by atoms with Crippen molar-refractivity contribution in [3.8, 4) is 0 Å². The van der Waals surface area contributed by atoms with Gasteiger partial charge in [-0.2, -0.15) is 4.31 Å². The molecule has 0 spiro atoms. The quantitative estimate of drug-likeness (QED) is 0.760. The van der Waals surface area contributed by atoms with Crippen LogP contribution in [0.4, 0.5) is 0 Å². The Labute approximate surface area is 143 Å². The Hall–Kier alpha value is -0.820. The monoisotopic (exact) mass is 403 g/mol. The molecule has 0 radical (unpaired) electrons. The Morgan fingerprint density at radius 3 is 2.86 bits per heavy atom. The van der Waals surface area contributed by atoms with Crippen LogP contribution < -0.4 is 0 Å². The molecular weight excluding hydrogens is 390 g/mol. The molecule has 0 N–H and O–H groups in total. The molecule has 0 amide bonds. The molecule has 4 nitrogen and oxygen atoms in total. The molecule has 1 fully saturated rings. The van der Waals surface area contributed by atoms with Crippen LogP contribution in [0.1, 0.15) is 30.2 Å². The normalized spacial score (nSPS) is 19.6. The highest BCUT2D eigenvalue weighted by Gasteiger charge is 2.36. The molecule has 118 valence electrons. The Morgan fingerprint density at radius 1 is 1.36 bits per heavy atom. The Bertz CT molecular complexity index is 761. The SMILES string of the molecule is O=S(=O)(Cc1ccc(Cl)cc1Br)N1CCCC1c1ccco1. The van der Waals surface area contributed by atoms with Gasteiger partial charge in [-0.05, 0) is 42.7 Å². The first kappa shape index (κ1) is 16.1. The van der Waals surface area contributed by atoms with Crippen LogP contribution in [0, 0.1) is 0 Å². The molecule has 22 heavy (non-hydrogen) atoms. The molecule has 1 aromatic heterocycles. The van der Waals surface area contributed by atoms with Crippen molar-refractivity contribution in [3.63, 3.8) is 0 Å². The zero-order valence-electron chi connectivity index (χ0n) is 11.7. The maximum atomic E-state index is 12.8. The smallest absolute Gasteiger partial charge is 0.218 e. The van der Waals surface area contributed by atoms with Gasteiger partial charge in [-0.25, -0.2) is 8.42 Å². The van der Waals surface area contributed by atoms with E-state index in [1.807, 2.05) is 6.07 Å². The van der Waals surface area contributed by atoms with Crippen LogP contribution in [0.15, 0.2) is 45.5 Å². The van der Waals surface area contributed by atoms with Gasteiger partial charge in [0.25, 0.3) is 0 Å². The van der Waals surface area contributed by atoms with E-state index in [0.717, 1.165) is 12.8 Å². The van der Waals surface area contributed by atoms with Crippen molar-refractivity contribution in [2.45, 2.75) is 24.6 Å². The fourth-order valence-electron chi connectivity index (χ4n) is 2.76. The van der Waals surface area contributed by atoms with Crippen molar-refractivity contribution in [2.24, 2.45) is 0 Å². The number of nitrogens with zero attached hydrogens (tertiary/aromatic N) is 1. The van der Waals surface area contributed by atoms with Gasteiger partial charge >= 0.3 is 0 Å². The lowest BCUT2D eigenvalue weighted by Crippen LogP contribution is -2.31. The number of hydrogen-bond donors (Lipinski definition) is 0. The number of rotatable bonds is 4. The summed E-state index contributed by atoms with van der Waals surface area (Å²) in [4.78, 5) is 0. The van der Waals surface area contributed by atoms with Gasteiger partial charge in [0.05, 0.1) is 18.1 Å². The molecule has 2 heterocycles. The molecule has 1 aliphatic rings. The van der Waals surface area contributed by atoms with E-state index in [4.69, 9.17) is 16.0 Å². The van der Waals surface area contributed by atoms with Crippen molar-refractivity contribution in [2.75, 3.05) is 6.54 Å². The van der Waals surface area contributed by atoms with Crippen LogP contribution in [0.5, 0.6) is 0 Å². The van der Waals surface area contributed by atoms with Gasteiger partial charge in [-0.3, -0.25) is 0 Å². The van der Waals surface area contributed by atoms with Crippen LogP contribution in [-0.4, -0.2) is 19.3 Å². The summed E-state index contributed by atoms with van der Waals surface area (Å²) >= 11 is 9.28. The molecule has 1 unspecified atom stereocenters. The molecule has 0 bridgehead atoms. The van der Waals surface area contributed by atoms with Gasteiger partial charge in [0.1, 0.15) is 5.76 Å². The van der Waals surface area contributed by atoms with Crippen molar-refractivity contribution in [1.29, 1.82) is 0 Å². The van der Waals surface area contributed by atoms with Crippen molar-refractivity contribution < 1.29 is 12.8 Å². The molecule has 1 aliphatic heterocycles. The second-order valence-corrected chi connectivity index (χ2v) is 8.49. The summed E-state index contributed by atoms with van der Waals surface area (Å²) in [7, 11) is -3.42. The van der Waals surface area contributed by atoms with Gasteiger partial charge < -0.3 is 4.42 Å². The number of hydrogen-bond acceptors (Lipinski definition) is 3. The molecule has 1 atom stereocenters. The highest BCUT2D eigenvalue weighted by Crippen LogP contribution is 2.36. The summed E-state index contributed by atoms with van der Waals surface area (Å²) in [5.74, 6) is 0.651. The zero-order chi connectivity index (χ0) is 15.7. The first-order valence-electron chi connectivity index (χ1n) is 6.94. The van der Waals surface area contributed by atoms with E-state index in [1.165, 1.54) is 0 Å². The van der Waals surface area contributed by atoms with Gasteiger partial charge in [-0.1, -0.05) is 33.6 Å². The molecule has 2 aromatic rings. The highest BCUT2D eigenvalue weighted by atomic mass is 79.9. The van der Waals surface area contributed by atoms with Gasteiger partial charge in [0, 0.05) is 16.0 Å². The Kier molecular flexibility index (Phi) is 4.64. The molecule has 1 aromatic carbocycles. The van der Waals surface area contributed by atoms with Crippen LogP contribution in [0.3, 0.4) is 0 Å². The largest absolute Gasteiger partial charge is 0.468 e. The third kappa shape index (κ3) is 3.25. The minimum atomic E-state index is -3.42. The lowest BCUT2D eigenvalue weighted by Gasteiger charge is -2.22. The third-order valence-electron chi connectivity index (χ3n) is 3.79. The maximum absolute atomic E-state index is 12.8. The predicted molar refractivity (Wildman–Crippen MR) is 89.2 cm³/mol. The summed E-state index contributed by atoms with van der Waals surface area (Å²) in [6, 6.07) is 8.56. The summed E-state index contributed by atoms with van der Waals surface area (Å²) in [6.07, 6.45) is 3.20. The van der Waals surface area contributed by atoms with Crippen molar-refractivity contribution >= 4 is 37.6 Å². The summed E-state index contributed by atoms with van der Waals surface area (Å²) < 4.78 is 33.2. The molecular formula is C15H15BrClNO3S. The maximum Gasteiger partial charge on any atom is 0.218 e. The van der Waals surface area contributed by atoms with E-state index < -0.39 is 10.0 Å². The highest BCUT2D eigenvalue weighted by molar-refractivity contribution is 9.10. The number of sulfonamides is 1. The lowest BCUT2D eigenvalue weighted by molar-refractivity contribution is 0.339. The fourth-order valence-corrected chi connectivity index (χ4v) is 5.58. The van der Waals surface area contributed by atoms with E-state index in [9.17, 15) is 8.42 Å². The van der Waals surface area contributed by atoms with E-state index in [1.54, 1.807) is 34.8 Å². The summed E-state index contributed by atoms with van der Waals surface area (Å²) in [5.41, 5.74) is 0.703. The molecule has 3 rings (SSSR count). The standard InChI is InChI=1S/C15H15BrClNO3S/c16-13-9-12(17)6-5-11(13)10-22(19,20)18-7-1-3-14(18)15-4-2-8-21-15/h2,4-6,8-9,14H,1,3,7,10H2. The van der Waals surface area contributed by atoms with Crippen molar-refractivity contribution in [1.82, 2.24) is 4.31 Å². The summed E-state index contributed by atoms with van der Waals surface area (Å²) in [5, 5.41) is 0.572. The van der Waals surface area contributed by atoms with Crippen LogP contribution in [0.25, 0.3) is 0 Å². The number of furan rings is 1. The van der Waals surface area contributed by atoms with Crippen LogP contribution in [0.2, 0.25) is 5.02 Å². The second kappa shape index (κ2) is 6.35. The van der Waals surface area contributed by atoms with Crippen LogP contribution >= 0.6 is 27.5 Å². The minimum Gasteiger partial charge on any atom is -0.468 e. The Balaban J connectivity index is 1.86. The number of benzene rings is 1. The van der Waals surface area contributed by atoms with Gasteiger partial charge in [-0.15, -0.1) is 0 Å². The van der Waals surface area contributed by atoms with E-state index in [0.29, 0.717) is 27.4 Å². The van der Waals surface area contributed by atoms with E-state index in [-0.39, 0.29) is 11.8 Å². The zero-order valence-corrected chi connectivity index (χ0v) is 14.9. The third-order valence-corrected chi connectivity index (χ3v) is 6.59. The Morgan fingerprint density at radius 2 is 2.18 bits per heavy atom. The van der Waals surface area contributed by atoms with Gasteiger partial charge in [0.2, 0.25) is 10.0 Å². The fraction of sp³-hybridized carbons (Fsp3) is 0.333. The molecule has 1 saturated heterocycles. The topological polar surface area (TPSA) is 50.5 Å². The average Bonchev–Trinajstić information content (AvgIpc) is 3.11. The molecule has 0 aliphatic carbocycles. The first-order valence-corrected chi connectivity index (χ1v) is 9.72. The predicted octanol–water partition coefficient (Wildman–Crippen LogP) is 4.36. The van der Waals surface area contributed by atoms with Crippen LogP contribution in [-0.2, 0) is 15.8 Å². The molecule has 7 heteroatoms. The van der Waals surface area contributed by atoms with E-state index >= 15 is 0 Å². The van der Waals surface area contributed by atoms with E-state index in [2.05, 4.69) is 15.9 Å². The minimum absolute atomic E-state index is 0.0536. The summed E-state index contributed by atoms with van der Waals surface area (Å²) in [6.45, 7) is 0.527. The van der Waals surface area contributed by atoms with Crippen molar-refractivity contribution in [3.05, 3.63) is 57.4 Å².